The van der Waals surface area contributed by atoms with E-state index in [0.717, 1.165) is 18.2 Å². The van der Waals surface area contributed by atoms with Crippen LogP contribution < -0.4 is 10.1 Å². The minimum Gasteiger partial charge on any atom is -0.493 e. The quantitative estimate of drug-likeness (QED) is 0.318. The number of carbonyl (C=O) groups is 2. The van der Waals surface area contributed by atoms with Crippen LogP contribution in [0.4, 0.5) is 27.6 Å². The first-order chi connectivity index (χ1) is 17.8. The summed E-state index contributed by atoms with van der Waals surface area (Å²) in [7, 11) is 0. The molecule has 5 nitrogen and oxygen atoms in total. The van der Waals surface area contributed by atoms with Gasteiger partial charge in [0.1, 0.15) is 17.4 Å². The molecule has 0 bridgehead atoms. The van der Waals surface area contributed by atoms with Crippen LogP contribution in [0.1, 0.15) is 50.5 Å². The van der Waals surface area contributed by atoms with E-state index in [0.29, 0.717) is 28.9 Å². The fourth-order valence-electron chi connectivity index (χ4n) is 4.53. The van der Waals surface area contributed by atoms with Crippen molar-refractivity contribution in [1.29, 1.82) is 0 Å². The first kappa shape index (κ1) is 27.1. The second-order valence-electron chi connectivity index (χ2n) is 9.31. The number of amides is 1. The molecule has 2 N–H and O–H groups in total. The van der Waals surface area contributed by atoms with E-state index in [1.54, 1.807) is 26.0 Å². The summed E-state index contributed by atoms with van der Waals surface area (Å²) in [4.78, 5) is 24.3. The number of carboxylic acids is 1. The number of carbonyl (C=O) groups excluding carboxylic acids is 1. The zero-order chi connectivity index (χ0) is 27.8. The number of aliphatic carboxylic acids is 1. The van der Waals surface area contributed by atoms with Gasteiger partial charge in [-0.25, -0.2) is 8.78 Å². The second kappa shape index (κ2) is 10.4. The minimum absolute atomic E-state index is 0.0766. The van der Waals surface area contributed by atoms with Crippen molar-refractivity contribution in [3.63, 3.8) is 0 Å². The van der Waals surface area contributed by atoms with Crippen LogP contribution >= 0.6 is 0 Å². The summed E-state index contributed by atoms with van der Waals surface area (Å²) in [5.74, 6) is -3.83. The first-order valence-corrected chi connectivity index (χ1v) is 11.8. The maximum atomic E-state index is 13.8. The third-order valence-corrected chi connectivity index (χ3v) is 6.52. The molecule has 0 unspecified atom stereocenters. The summed E-state index contributed by atoms with van der Waals surface area (Å²) < 4.78 is 73.5. The lowest BCUT2D eigenvalue weighted by Gasteiger charge is -2.17. The summed E-state index contributed by atoms with van der Waals surface area (Å²) in [6, 6.07) is 9.63. The molecule has 0 aromatic heterocycles. The van der Waals surface area contributed by atoms with E-state index in [2.05, 4.69) is 5.32 Å². The summed E-state index contributed by atoms with van der Waals surface area (Å²) >= 11 is 0. The number of hydrogen-bond acceptors (Lipinski definition) is 3. The Hall–Kier alpha value is -3.95. The molecule has 0 saturated heterocycles. The van der Waals surface area contributed by atoms with Gasteiger partial charge in [0.2, 0.25) is 0 Å². The predicted octanol–water partition coefficient (Wildman–Crippen LogP) is 6.66. The molecule has 1 amide bonds. The molecule has 38 heavy (non-hydrogen) atoms. The molecule has 1 aliphatic rings. The number of carboxylic acid groups (broad SMARTS) is 1. The second-order valence-corrected chi connectivity index (χ2v) is 9.31. The Morgan fingerprint density at radius 1 is 1.03 bits per heavy atom. The molecule has 2 atom stereocenters. The van der Waals surface area contributed by atoms with E-state index < -0.39 is 52.8 Å². The van der Waals surface area contributed by atoms with Crippen molar-refractivity contribution in [3.05, 3.63) is 93.5 Å². The molecule has 200 valence electrons. The number of halogens is 5. The van der Waals surface area contributed by atoms with Gasteiger partial charge in [-0.05, 0) is 78.8 Å². The summed E-state index contributed by atoms with van der Waals surface area (Å²) in [5.41, 5.74) is 0.263. The third kappa shape index (κ3) is 5.95. The fourth-order valence-corrected chi connectivity index (χ4v) is 4.53. The van der Waals surface area contributed by atoms with E-state index >= 15 is 0 Å². The van der Waals surface area contributed by atoms with Crippen LogP contribution in [0.15, 0.2) is 48.5 Å². The van der Waals surface area contributed by atoms with Gasteiger partial charge in [0, 0.05) is 18.1 Å². The van der Waals surface area contributed by atoms with E-state index in [-0.39, 0.29) is 24.2 Å². The average molecular weight is 533 g/mol. The van der Waals surface area contributed by atoms with Gasteiger partial charge in [-0.2, -0.15) is 13.2 Å². The Morgan fingerprint density at radius 2 is 1.71 bits per heavy atom. The van der Waals surface area contributed by atoms with Gasteiger partial charge in [-0.3, -0.25) is 9.59 Å². The molecular weight excluding hydrogens is 509 g/mol. The highest BCUT2D eigenvalue weighted by Gasteiger charge is 2.45. The molecule has 1 saturated carbocycles. The van der Waals surface area contributed by atoms with Gasteiger partial charge >= 0.3 is 12.1 Å². The number of ether oxygens (including phenoxy) is 1. The van der Waals surface area contributed by atoms with E-state index in [9.17, 15) is 31.5 Å². The monoisotopic (exact) mass is 533 g/mol. The van der Waals surface area contributed by atoms with Gasteiger partial charge in [0.25, 0.3) is 5.91 Å². The van der Waals surface area contributed by atoms with Crippen LogP contribution in [0.2, 0.25) is 0 Å². The van der Waals surface area contributed by atoms with Crippen molar-refractivity contribution < 1.29 is 41.4 Å². The topological polar surface area (TPSA) is 75.6 Å². The molecule has 3 aromatic carbocycles. The van der Waals surface area contributed by atoms with Crippen molar-refractivity contribution in [2.75, 3.05) is 11.9 Å². The molecule has 0 aliphatic heterocycles. The van der Waals surface area contributed by atoms with Gasteiger partial charge in [0.05, 0.1) is 23.8 Å². The highest BCUT2D eigenvalue weighted by molar-refractivity contribution is 6.07. The number of rotatable bonds is 8. The van der Waals surface area contributed by atoms with Crippen LogP contribution in [0.3, 0.4) is 0 Å². The zero-order valence-electron chi connectivity index (χ0n) is 20.5. The standard InChI is InChI=1S/C28H24F5NO4/c1-14-9-19(38-8-7-16-3-5-18(29)12-23(16)30)10-15(2)25(14)26(35)34-24-11-17(20-13-21(20)27(36)37)4-6-22(24)28(31,32)33/h3-6,9-12,20-21H,7-8,13H2,1-2H3,(H,34,35)(H,36,37)/t20-,21-/m1/s1. The normalized spacial score (nSPS) is 16.7. The SMILES string of the molecule is Cc1cc(OCCc2ccc(F)cc2F)cc(C)c1C(=O)Nc1cc([C@H]2C[C@H]2C(=O)O)ccc1C(F)(F)F. The molecule has 0 radical (unpaired) electrons. The Kier molecular flexibility index (Phi) is 7.44. The van der Waals surface area contributed by atoms with Crippen molar-refractivity contribution in [1.82, 2.24) is 0 Å². The maximum absolute atomic E-state index is 13.8. The molecule has 10 heteroatoms. The molecule has 1 fully saturated rings. The van der Waals surface area contributed by atoms with Crippen LogP contribution in [0.25, 0.3) is 0 Å². The van der Waals surface area contributed by atoms with Crippen molar-refractivity contribution >= 4 is 17.6 Å². The number of benzene rings is 3. The molecule has 0 spiro atoms. The van der Waals surface area contributed by atoms with Crippen LogP contribution in [0.5, 0.6) is 5.75 Å². The minimum atomic E-state index is -4.73. The highest BCUT2D eigenvalue weighted by atomic mass is 19.4. The summed E-state index contributed by atoms with van der Waals surface area (Å²) in [5, 5.41) is 11.5. The molecule has 0 heterocycles. The Labute approximate surface area is 215 Å². The van der Waals surface area contributed by atoms with E-state index in [1.807, 2.05) is 0 Å². The van der Waals surface area contributed by atoms with Crippen LogP contribution in [-0.2, 0) is 17.4 Å². The number of alkyl halides is 3. The molecule has 4 rings (SSSR count). The van der Waals surface area contributed by atoms with Crippen LogP contribution in [-0.4, -0.2) is 23.6 Å². The number of hydrogen-bond donors (Lipinski definition) is 2. The van der Waals surface area contributed by atoms with Crippen LogP contribution in [0, 0.1) is 31.4 Å². The van der Waals surface area contributed by atoms with Gasteiger partial charge in [-0.15, -0.1) is 0 Å². The van der Waals surface area contributed by atoms with Gasteiger partial charge < -0.3 is 15.2 Å². The first-order valence-electron chi connectivity index (χ1n) is 11.8. The predicted molar refractivity (Wildman–Crippen MR) is 129 cm³/mol. The number of nitrogens with one attached hydrogen (secondary N) is 1. The van der Waals surface area contributed by atoms with E-state index in [4.69, 9.17) is 9.84 Å². The average Bonchev–Trinajstić information content (AvgIpc) is 3.61. The molecule has 3 aromatic rings. The number of anilines is 1. The Morgan fingerprint density at radius 3 is 2.29 bits per heavy atom. The lowest BCUT2D eigenvalue weighted by atomic mass is 10.00. The highest BCUT2D eigenvalue weighted by Crippen LogP contribution is 2.49. The maximum Gasteiger partial charge on any atom is 0.418 e. The lowest BCUT2D eigenvalue weighted by Crippen LogP contribution is -2.19. The Balaban J connectivity index is 1.51. The van der Waals surface area contributed by atoms with Crippen molar-refractivity contribution in [2.45, 2.75) is 38.8 Å². The third-order valence-electron chi connectivity index (χ3n) is 6.52. The Bertz CT molecular complexity index is 1380. The number of aryl methyl sites for hydroxylation is 2. The fraction of sp³-hybridized carbons (Fsp3) is 0.286. The zero-order valence-corrected chi connectivity index (χ0v) is 20.5. The van der Waals surface area contributed by atoms with Gasteiger partial charge in [0.15, 0.2) is 0 Å². The largest absolute Gasteiger partial charge is 0.493 e. The van der Waals surface area contributed by atoms with Crippen molar-refractivity contribution in [2.24, 2.45) is 5.92 Å². The van der Waals surface area contributed by atoms with Crippen molar-refractivity contribution in [3.8, 4) is 5.75 Å². The smallest absolute Gasteiger partial charge is 0.418 e. The van der Waals surface area contributed by atoms with E-state index in [1.165, 1.54) is 18.2 Å². The summed E-state index contributed by atoms with van der Waals surface area (Å²) in [6.45, 7) is 3.29. The van der Waals surface area contributed by atoms with Gasteiger partial charge in [-0.1, -0.05) is 12.1 Å². The summed E-state index contributed by atoms with van der Waals surface area (Å²) in [6.07, 6.45) is -4.24. The lowest BCUT2D eigenvalue weighted by molar-refractivity contribution is -0.139. The molecular formula is C28H24F5NO4. The molecule has 1 aliphatic carbocycles.